The SMILES string of the molecule is COc1ccc(-c2nnc(SCc3c(Cl)cccc3Cl)n2-c2ccc(OC)cc2)cc1. The normalized spacial score (nSPS) is 10.8. The van der Waals surface area contributed by atoms with E-state index in [2.05, 4.69) is 10.2 Å². The molecule has 0 aliphatic carbocycles. The van der Waals surface area contributed by atoms with Gasteiger partial charge in [0, 0.05) is 27.0 Å². The van der Waals surface area contributed by atoms with Crippen LogP contribution in [-0.2, 0) is 5.75 Å². The van der Waals surface area contributed by atoms with Gasteiger partial charge in [0.15, 0.2) is 11.0 Å². The van der Waals surface area contributed by atoms with Crippen molar-refractivity contribution >= 4 is 35.0 Å². The number of thioether (sulfide) groups is 1. The summed E-state index contributed by atoms with van der Waals surface area (Å²) in [5.74, 6) is 2.85. The van der Waals surface area contributed by atoms with E-state index in [0.717, 1.165) is 39.3 Å². The van der Waals surface area contributed by atoms with Crippen LogP contribution in [0.3, 0.4) is 0 Å². The highest BCUT2D eigenvalue weighted by Crippen LogP contribution is 2.34. The molecule has 0 spiro atoms. The molecule has 4 aromatic rings. The highest BCUT2D eigenvalue weighted by molar-refractivity contribution is 7.98. The molecule has 0 fully saturated rings. The molecular formula is C23H19Cl2N3O2S. The minimum Gasteiger partial charge on any atom is -0.497 e. The standard InChI is InChI=1S/C23H19Cl2N3O2S/c1-29-17-10-6-15(7-11-17)22-26-27-23(28(22)16-8-12-18(30-2)13-9-16)31-14-19-20(24)4-3-5-21(19)25/h3-13H,14H2,1-2H3. The summed E-state index contributed by atoms with van der Waals surface area (Å²) < 4.78 is 12.6. The Hall–Kier alpha value is -2.67. The third-order valence-electron chi connectivity index (χ3n) is 4.72. The first-order valence-electron chi connectivity index (χ1n) is 9.40. The summed E-state index contributed by atoms with van der Waals surface area (Å²) in [5.41, 5.74) is 2.71. The molecule has 8 heteroatoms. The van der Waals surface area contributed by atoms with Crippen LogP contribution < -0.4 is 9.47 Å². The predicted octanol–water partition coefficient (Wildman–Crippen LogP) is 6.55. The molecule has 0 radical (unpaired) electrons. The maximum Gasteiger partial charge on any atom is 0.196 e. The van der Waals surface area contributed by atoms with E-state index >= 15 is 0 Å². The van der Waals surface area contributed by atoms with Gasteiger partial charge in [0.25, 0.3) is 0 Å². The van der Waals surface area contributed by atoms with Crippen molar-refractivity contribution in [2.75, 3.05) is 14.2 Å². The van der Waals surface area contributed by atoms with Crippen molar-refractivity contribution in [3.05, 3.63) is 82.3 Å². The van der Waals surface area contributed by atoms with Crippen LogP contribution in [0.15, 0.2) is 71.9 Å². The maximum atomic E-state index is 6.35. The van der Waals surface area contributed by atoms with Crippen molar-refractivity contribution in [1.29, 1.82) is 0 Å². The zero-order valence-electron chi connectivity index (χ0n) is 16.9. The quantitative estimate of drug-likeness (QED) is 0.286. The first kappa shape index (κ1) is 21.6. The van der Waals surface area contributed by atoms with Gasteiger partial charge in [-0.05, 0) is 66.2 Å². The van der Waals surface area contributed by atoms with E-state index < -0.39 is 0 Å². The molecule has 0 bridgehead atoms. The molecule has 0 saturated carbocycles. The monoisotopic (exact) mass is 471 g/mol. The summed E-state index contributed by atoms with van der Waals surface area (Å²) >= 11 is 14.2. The van der Waals surface area contributed by atoms with Crippen LogP contribution >= 0.6 is 35.0 Å². The molecule has 0 unspecified atom stereocenters. The zero-order chi connectivity index (χ0) is 21.8. The van der Waals surface area contributed by atoms with Gasteiger partial charge in [0.2, 0.25) is 0 Å². The molecule has 31 heavy (non-hydrogen) atoms. The molecule has 0 N–H and O–H groups in total. The van der Waals surface area contributed by atoms with Crippen LogP contribution in [0.2, 0.25) is 10.0 Å². The molecule has 1 heterocycles. The Morgan fingerprint density at radius 3 is 1.97 bits per heavy atom. The first-order chi connectivity index (χ1) is 15.1. The van der Waals surface area contributed by atoms with Gasteiger partial charge in [0.05, 0.1) is 14.2 Å². The average molecular weight is 472 g/mol. The third kappa shape index (κ3) is 4.66. The second-order valence-electron chi connectivity index (χ2n) is 6.56. The molecule has 0 amide bonds. The lowest BCUT2D eigenvalue weighted by molar-refractivity contribution is 0.414. The van der Waals surface area contributed by atoms with E-state index in [1.807, 2.05) is 71.3 Å². The van der Waals surface area contributed by atoms with Crippen LogP contribution in [0.1, 0.15) is 5.56 Å². The largest absolute Gasteiger partial charge is 0.497 e. The smallest absolute Gasteiger partial charge is 0.196 e. The summed E-state index contributed by atoms with van der Waals surface area (Å²) in [5, 5.41) is 10.9. The topological polar surface area (TPSA) is 49.2 Å². The Bertz CT molecular complexity index is 1160. The molecule has 0 atom stereocenters. The van der Waals surface area contributed by atoms with Crippen LogP contribution in [0.5, 0.6) is 11.5 Å². The van der Waals surface area contributed by atoms with Crippen molar-refractivity contribution in [3.8, 4) is 28.6 Å². The van der Waals surface area contributed by atoms with Gasteiger partial charge < -0.3 is 9.47 Å². The maximum absolute atomic E-state index is 6.35. The Morgan fingerprint density at radius 2 is 1.39 bits per heavy atom. The summed E-state index contributed by atoms with van der Waals surface area (Å²) in [6, 6.07) is 21.0. The van der Waals surface area contributed by atoms with Gasteiger partial charge in [-0.25, -0.2) is 0 Å². The lowest BCUT2D eigenvalue weighted by Gasteiger charge is -2.12. The summed E-state index contributed by atoms with van der Waals surface area (Å²) in [7, 11) is 3.29. The first-order valence-corrected chi connectivity index (χ1v) is 11.1. The van der Waals surface area contributed by atoms with Crippen molar-refractivity contribution in [1.82, 2.24) is 14.8 Å². The van der Waals surface area contributed by atoms with Crippen LogP contribution in [0.4, 0.5) is 0 Å². The fraction of sp³-hybridized carbons (Fsp3) is 0.130. The highest BCUT2D eigenvalue weighted by Gasteiger charge is 2.18. The Morgan fingerprint density at radius 1 is 0.806 bits per heavy atom. The third-order valence-corrected chi connectivity index (χ3v) is 6.38. The fourth-order valence-corrected chi connectivity index (χ4v) is 4.75. The number of benzene rings is 3. The Labute approximate surface area is 194 Å². The second kappa shape index (κ2) is 9.64. The van der Waals surface area contributed by atoms with Crippen molar-refractivity contribution < 1.29 is 9.47 Å². The number of methoxy groups -OCH3 is 2. The van der Waals surface area contributed by atoms with Gasteiger partial charge >= 0.3 is 0 Å². The lowest BCUT2D eigenvalue weighted by Crippen LogP contribution is -2.00. The highest BCUT2D eigenvalue weighted by atomic mass is 35.5. The van der Waals surface area contributed by atoms with Crippen molar-refractivity contribution in [3.63, 3.8) is 0 Å². The van der Waals surface area contributed by atoms with E-state index in [-0.39, 0.29) is 0 Å². The molecule has 4 rings (SSSR count). The molecule has 158 valence electrons. The van der Waals surface area contributed by atoms with Gasteiger partial charge in [-0.3, -0.25) is 4.57 Å². The summed E-state index contributed by atoms with van der Waals surface area (Å²) in [6.45, 7) is 0. The number of rotatable bonds is 7. The molecule has 1 aromatic heterocycles. The van der Waals surface area contributed by atoms with Crippen molar-refractivity contribution in [2.45, 2.75) is 10.9 Å². The molecule has 0 aliphatic rings. The Kier molecular flexibility index (Phi) is 6.70. The number of halogens is 2. The molecule has 0 aliphatic heterocycles. The van der Waals surface area contributed by atoms with E-state index in [0.29, 0.717) is 15.8 Å². The number of hydrogen-bond acceptors (Lipinski definition) is 5. The number of hydrogen-bond donors (Lipinski definition) is 0. The number of ether oxygens (including phenoxy) is 2. The van der Waals surface area contributed by atoms with E-state index in [9.17, 15) is 0 Å². The number of nitrogens with zero attached hydrogens (tertiary/aromatic N) is 3. The minimum absolute atomic E-state index is 0.565. The van der Waals surface area contributed by atoms with Gasteiger partial charge in [-0.1, -0.05) is 41.0 Å². The van der Waals surface area contributed by atoms with Crippen LogP contribution in [-0.4, -0.2) is 29.0 Å². The lowest BCUT2D eigenvalue weighted by atomic mass is 10.2. The van der Waals surface area contributed by atoms with Gasteiger partial charge in [-0.15, -0.1) is 10.2 Å². The Balaban J connectivity index is 1.74. The average Bonchev–Trinajstić information content (AvgIpc) is 3.22. The van der Waals surface area contributed by atoms with E-state index in [4.69, 9.17) is 32.7 Å². The molecule has 5 nitrogen and oxygen atoms in total. The van der Waals surface area contributed by atoms with Gasteiger partial charge in [0.1, 0.15) is 11.5 Å². The second-order valence-corrected chi connectivity index (χ2v) is 8.31. The summed E-state index contributed by atoms with van der Waals surface area (Å²) in [6.07, 6.45) is 0. The molecular weight excluding hydrogens is 453 g/mol. The van der Waals surface area contributed by atoms with E-state index in [1.165, 1.54) is 11.8 Å². The van der Waals surface area contributed by atoms with E-state index in [1.54, 1.807) is 14.2 Å². The van der Waals surface area contributed by atoms with Crippen molar-refractivity contribution in [2.24, 2.45) is 0 Å². The fourth-order valence-electron chi connectivity index (χ4n) is 3.06. The van der Waals surface area contributed by atoms with Crippen LogP contribution in [0.25, 0.3) is 17.1 Å². The van der Waals surface area contributed by atoms with Gasteiger partial charge in [-0.2, -0.15) is 0 Å². The predicted molar refractivity (Wildman–Crippen MR) is 126 cm³/mol. The number of aromatic nitrogens is 3. The zero-order valence-corrected chi connectivity index (χ0v) is 19.2. The molecule has 0 saturated heterocycles. The summed E-state index contributed by atoms with van der Waals surface area (Å²) in [4.78, 5) is 0. The molecule has 3 aromatic carbocycles. The minimum atomic E-state index is 0.565. The van der Waals surface area contributed by atoms with Crippen LogP contribution in [0, 0.1) is 0 Å².